The van der Waals surface area contributed by atoms with Gasteiger partial charge in [-0.1, -0.05) is 18.2 Å². The normalized spacial score (nSPS) is 11.0. The van der Waals surface area contributed by atoms with Crippen LogP contribution in [0.1, 0.15) is 11.3 Å². The van der Waals surface area contributed by atoms with Gasteiger partial charge in [-0.2, -0.15) is 8.78 Å². The van der Waals surface area contributed by atoms with E-state index in [-0.39, 0.29) is 12.4 Å². The highest BCUT2D eigenvalue weighted by molar-refractivity contribution is 5.81. The second kappa shape index (κ2) is 7.18. The third kappa shape index (κ3) is 3.75. The van der Waals surface area contributed by atoms with Gasteiger partial charge in [0.2, 0.25) is 0 Å². The van der Waals surface area contributed by atoms with E-state index in [1.807, 2.05) is 30.3 Å². The predicted molar refractivity (Wildman–Crippen MR) is 85.9 cm³/mol. The Balaban J connectivity index is 1.75. The van der Waals surface area contributed by atoms with Crippen LogP contribution in [0.4, 0.5) is 14.6 Å². The van der Waals surface area contributed by atoms with Gasteiger partial charge < -0.3 is 15.2 Å². The number of aliphatic hydroxyl groups is 1. The number of anilines is 1. The Morgan fingerprint density at radius 1 is 1.17 bits per heavy atom. The molecule has 2 N–H and O–H groups in total. The summed E-state index contributed by atoms with van der Waals surface area (Å²) >= 11 is 0. The second-order valence-electron chi connectivity index (χ2n) is 5.06. The summed E-state index contributed by atoms with van der Waals surface area (Å²) in [6.07, 6.45) is 1.24. The van der Waals surface area contributed by atoms with Gasteiger partial charge in [0.05, 0.1) is 30.6 Å². The predicted octanol–water partition coefficient (Wildman–Crippen LogP) is 3.34. The molecule has 24 heavy (non-hydrogen) atoms. The Morgan fingerprint density at radius 3 is 2.71 bits per heavy atom. The molecule has 0 saturated carbocycles. The van der Waals surface area contributed by atoms with Crippen LogP contribution in [-0.4, -0.2) is 21.7 Å². The summed E-state index contributed by atoms with van der Waals surface area (Å²) in [5.74, 6) is 0.569. The fraction of sp³-hybridized carbons (Fsp3) is 0.176. The molecule has 5 nitrogen and oxygen atoms in total. The van der Waals surface area contributed by atoms with Gasteiger partial charge in [-0.25, -0.2) is 4.98 Å². The minimum absolute atomic E-state index is 0.00799. The van der Waals surface area contributed by atoms with Crippen LogP contribution < -0.4 is 10.1 Å². The van der Waals surface area contributed by atoms with Crippen molar-refractivity contribution in [3.63, 3.8) is 0 Å². The van der Waals surface area contributed by atoms with Crippen LogP contribution in [0.5, 0.6) is 5.75 Å². The molecule has 0 radical (unpaired) electrons. The highest BCUT2D eigenvalue weighted by Crippen LogP contribution is 2.21. The molecule has 0 saturated heterocycles. The van der Waals surface area contributed by atoms with E-state index in [0.717, 1.165) is 10.9 Å². The molecule has 0 amide bonds. The molecule has 0 aliphatic carbocycles. The largest absolute Gasteiger partial charge is 0.433 e. The molecule has 7 heteroatoms. The maximum Gasteiger partial charge on any atom is 0.387 e. The first-order chi connectivity index (χ1) is 11.7. The van der Waals surface area contributed by atoms with Gasteiger partial charge in [-0.15, -0.1) is 0 Å². The number of ether oxygens (including phenoxy) is 1. The number of aromatic nitrogens is 2. The molecule has 124 valence electrons. The fourth-order valence-corrected chi connectivity index (χ4v) is 2.30. The standard InChI is InChI=1S/C17H15F2N3O2/c18-17(19)24-14-6-5-13(20-9-14)8-21-16-12(10-23)7-11-3-1-2-4-15(11)22-16/h1-7,9,17,23H,8,10H2,(H,21,22). The van der Waals surface area contributed by atoms with Crippen molar-refractivity contribution >= 4 is 16.7 Å². The van der Waals surface area contributed by atoms with E-state index in [9.17, 15) is 13.9 Å². The molecule has 0 atom stereocenters. The van der Waals surface area contributed by atoms with E-state index in [4.69, 9.17) is 0 Å². The van der Waals surface area contributed by atoms with Crippen LogP contribution >= 0.6 is 0 Å². The summed E-state index contributed by atoms with van der Waals surface area (Å²) in [6.45, 7) is -2.67. The lowest BCUT2D eigenvalue weighted by molar-refractivity contribution is -0.0500. The Labute approximate surface area is 136 Å². The molecule has 3 aromatic rings. The summed E-state index contributed by atoms with van der Waals surface area (Å²) in [4.78, 5) is 8.55. The van der Waals surface area contributed by atoms with Crippen molar-refractivity contribution in [1.29, 1.82) is 0 Å². The van der Waals surface area contributed by atoms with E-state index in [1.54, 1.807) is 6.07 Å². The zero-order valence-electron chi connectivity index (χ0n) is 12.6. The number of rotatable bonds is 6. The van der Waals surface area contributed by atoms with Crippen molar-refractivity contribution in [2.75, 3.05) is 5.32 Å². The zero-order chi connectivity index (χ0) is 16.9. The van der Waals surface area contributed by atoms with Crippen LogP contribution in [0, 0.1) is 0 Å². The van der Waals surface area contributed by atoms with E-state index in [1.165, 1.54) is 12.3 Å². The van der Waals surface area contributed by atoms with Crippen LogP contribution in [0.2, 0.25) is 0 Å². The number of hydrogen-bond acceptors (Lipinski definition) is 5. The lowest BCUT2D eigenvalue weighted by Gasteiger charge is -2.11. The van der Waals surface area contributed by atoms with Crippen molar-refractivity contribution in [2.45, 2.75) is 19.8 Å². The number of fused-ring (bicyclic) bond motifs is 1. The average Bonchev–Trinajstić information content (AvgIpc) is 2.59. The molecule has 0 bridgehead atoms. The molecule has 1 aromatic carbocycles. The highest BCUT2D eigenvalue weighted by atomic mass is 19.3. The molecule has 2 aromatic heterocycles. The van der Waals surface area contributed by atoms with Crippen LogP contribution in [-0.2, 0) is 13.2 Å². The Kier molecular flexibility index (Phi) is 4.81. The summed E-state index contributed by atoms with van der Waals surface area (Å²) < 4.78 is 28.5. The number of benzene rings is 1. The summed E-state index contributed by atoms with van der Waals surface area (Å²) in [5, 5.41) is 13.6. The molecule has 0 fully saturated rings. The molecule has 0 aliphatic heterocycles. The highest BCUT2D eigenvalue weighted by Gasteiger charge is 2.08. The molecule has 3 rings (SSSR count). The number of hydrogen-bond donors (Lipinski definition) is 2. The van der Waals surface area contributed by atoms with Gasteiger partial charge in [0.15, 0.2) is 0 Å². The Morgan fingerprint density at radius 2 is 2.00 bits per heavy atom. The number of aliphatic hydroxyl groups excluding tert-OH is 1. The van der Waals surface area contributed by atoms with E-state index in [2.05, 4.69) is 20.0 Å². The van der Waals surface area contributed by atoms with Gasteiger partial charge in [0.1, 0.15) is 11.6 Å². The number of nitrogens with one attached hydrogen (secondary N) is 1. The average molecular weight is 331 g/mol. The maximum atomic E-state index is 12.1. The summed E-state index contributed by atoms with van der Waals surface area (Å²) in [5.41, 5.74) is 2.12. The Bertz CT molecular complexity index is 826. The summed E-state index contributed by atoms with van der Waals surface area (Å²) in [7, 11) is 0. The summed E-state index contributed by atoms with van der Waals surface area (Å²) in [6, 6.07) is 12.5. The third-order valence-electron chi connectivity index (χ3n) is 3.43. The lowest BCUT2D eigenvalue weighted by atomic mass is 10.1. The second-order valence-corrected chi connectivity index (χ2v) is 5.06. The number of halogens is 2. The van der Waals surface area contributed by atoms with Gasteiger partial charge in [-0.3, -0.25) is 4.98 Å². The fourth-order valence-electron chi connectivity index (χ4n) is 2.30. The van der Waals surface area contributed by atoms with E-state index in [0.29, 0.717) is 23.6 Å². The monoisotopic (exact) mass is 331 g/mol. The molecule has 0 spiro atoms. The van der Waals surface area contributed by atoms with Crippen molar-refractivity contribution in [3.8, 4) is 5.75 Å². The molecule has 0 unspecified atom stereocenters. The van der Waals surface area contributed by atoms with Crippen molar-refractivity contribution in [3.05, 3.63) is 59.9 Å². The van der Waals surface area contributed by atoms with Gasteiger partial charge in [0.25, 0.3) is 0 Å². The lowest BCUT2D eigenvalue weighted by Crippen LogP contribution is -2.07. The van der Waals surface area contributed by atoms with E-state index < -0.39 is 6.61 Å². The first kappa shape index (κ1) is 16.1. The molecular weight excluding hydrogens is 316 g/mol. The topological polar surface area (TPSA) is 67.3 Å². The first-order valence-electron chi connectivity index (χ1n) is 7.29. The molecule has 2 heterocycles. The van der Waals surface area contributed by atoms with Gasteiger partial charge in [-0.05, 0) is 24.3 Å². The number of nitrogens with zero attached hydrogens (tertiary/aromatic N) is 2. The van der Waals surface area contributed by atoms with E-state index >= 15 is 0 Å². The quantitative estimate of drug-likeness (QED) is 0.725. The maximum absolute atomic E-state index is 12.1. The SMILES string of the molecule is OCc1cc2ccccc2nc1NCc1ccc(OC(F)F)cn1. The third-order valence-corrected chi connectivity index (χ3v) is 3.43. The number of alkyl halides is 2. The zero-order valence-corrected chi connectivity index (χ0v) is 12.6. The minimum atomic E-state index is -2.87. The van der Waals surface area contributed by atoms with Gasteiger partial charge >= 0.3 is 6.61 Å². The molecule has 0 aliphatic rings. The Hall–Kier alpha value is -2.80. The van der Waals surface area contributed by atoms with Gasteiger partial charge in [0, 0.05) is 10.9 Å². The smallest absolute Gasteiger partial charge is 0.387 e. The van der Waals surface area contributed by atoms with Crippen molar-refractivity contribution < 1.29 is 18.6 Å². The van der Waals surface area contributed by atoms with Crippen LogP contribution in [0.25, 0.3) is 10.9 Å². The number of para-hydroxylation sites is 1. The van der Waals surface area contributed by atoms with Crippen LogP contribution in [0.3, 0.4) is 0 Å². The molecular formula is C17H15F2N3O2. The number of pyridine rings is 2. The first-order valence-corrected chi connectivity index (χ1v) is 7.29. The minimum Gasteiger partial charge on any atom is -0.433 e. The van der Waals surface area contributed by atoms with Crippen LogP contribution in [0.15, 0.2) is 48.7 Å². The van der Waals surface area contributed by atoms with Crippen molar-refractivity contribution in [1.82, 2.24) is 9.97 Å². The van der Waals surface area contributed by atoms with Crippen molar-refractivity contribution in [2.24, 2.45) is 0 Å².